The summed E-state index contributed by atoms with van der Waals surface area (Å²) < 4.78 is 4.87. The van der Waals surface area contributed by atoms with E-state index in [1.165, 1.54) is 7.11 Å². The summed E-state index contributed by atoms with van der Waals surface area (Å²) in [6.45, 7) is 2.86. The average Bonchev–Trinajstić information content (AvgIpc) is 2.93. The predicted molar refractivity (Wildman–Crippen MR) is 91.7 cm³/mol. The molecule has 1 saturated heterocycles. The van der Waals surface area contributed by atoms with E-state index in [-0.39, 0.29) is 36.9 Å². The fourth-order valence-corrected chi connectivity index (χ4v) is 2.52. The average molecular weight is 342 g/mol. The summed E-state index contributed by atoms with van der Waals surface area (Å²) in [6, 6.07) is 6.85. The molecule has 23 heavy (non-hydrogen) atoms. The number of benzene rings is 1. The van der Waals surface area contributed by atoms with Gasteiger partial charge >= 0.3 is 0 Å². The summed E-state index contributed by atoms with van der Waals surface area (Å²) in [6.07, 6.45) is 1.52. The van der Waals surface area contributed by atoms with Gasteiger partial charge in [0.1, 0.15) is 6.04 Å². The first kappa shape index (κ1) is 19.4. The first-order valence-electron chi connectivity index (χ1n) is 7.48. The zero-order chi connectivity index (χ0) is 16.1. The van der Waals surface area contributed by atoms with E-state index in [1.54, 1.807) is 4.90 Å². The number of methoxy groups -OCH3 is 1. The maximum atomic E-state index is 11.9. The molecule has 1 heterocycles. The molecule has 2 atom stereocenters. The Kier molecular flexibility index (Phi) is 7.48. The summed E-state index contributed by atoms with van der Waals surface area (Å²) in [5.41, 5.74) is 7.56. The number of hydrogen-bond acceptors (Lipinski definition) is 4. The molecule has 1 aromatic carbocycles. The van der Waals surface area contributed by atoms with Gasteiger partial charge in [-0.05, 0) is 31.0 Å². The fraction of sp³-hybridized carbons (Fsp3) is 0.500. The van der Waals surface area contributed by atoms with Gasteiger partial charge in [-0.15, -0.1) is 12.4 Å². The number of nitrogens with one attached hydrogen (secondary N) is 1. The lowest BCUT2D eigenvalue weighted by atomic mass is 10.1. The summed E-state index contributed by atoms with van der Waals surface area (Å²) >= 11 is 0. The zero-order valence-electron chi connectivity index (χ0n) is 13.5. The van der Waals surface area contributed by atoms with Crippen LogP contribution in [-0.4, -0.2) is 38.1 Å². The molecule has 128 valence electrons. The third-order valence-corrected chi connectivity index (χ3v) is 3.82. The van der Waals surface area contributed by atoms with Crippen LogP contribution < -0.4 is 16.0 Å². The van der Waals surface area contributed by atoms with Crippen LogP contribution >= 0.6 is 12.4 Å². The second-order valence-corrected chi connectivity index (χ2v) is 5.53. The molecule has 0 aliphatic carbocycles. The van der Waals surface area contributed by atoms with E-state index >= 15 is 0 Å². The SMILES string of the molecule is COCC(N)C(=O)NC(C)c1ccc(N2CCCC2=O)cc1.Cl. The van der Waals surface area contributed by atoms with Crippen molar-refractivity contribution < 1.29 is 14.3 Å². The Bertz CT molecular complexity index is 536. The van der Waals surface area contributed by atoms with Crippen molar-refractivity contribution in [2.24, 2.45) is 5.73 Å². The first-order valence-corrected chi connectivity index (χ1v) is 7.48. The largest absolute Gasteiger partial charge is 0.383 e. The Balaban J connectivity index is 0.00000264. The number of rotatable bonds is 6. The molecular weight excluding hydrogens is 318 g/mol. The molecule has 3 N–H and O–H groups in total. The topological polar surface area (TPSA) is 84.7 Å². The van der Waals surface area contributed by atoms with Crippen molar-refractivity contribution in [3.05, 3.63) is 29.8 Å². The molecule has 1 aliphatic heterocycles. The molecule has 0 bridgehead atoms. The summed E-state index contributed by atoms with van der Waals surface area (Å²) in [5.74, 6) is -0.0761. The number of carbonyl (C=O) groups is 2. The van der Waals surface area contributed by atoms with Gasteiger partial charge in [0.25, 0.3) is 0 Å². The Hall–Kier alpha value is -1.63. The highest BCUT2D eigenvalue weighted by Gasteiger charge is 2.22. The van der Waals surface area contributed by atoms with Crippen LogP contribution in [0.5, 0.6) is 0 Å². The van der Waals surface area contributed by atoms with Crippen LogP contribution in [0.25, 0.3) is 0 Å². The quantitative estimate of drug-likeness (QED) is 0.818. The maximum absolute atomic E-state index is 11.9. The molecule has 2 unspecified atom stereocenters. The van der Waals surface area contributed by atoms with Crippen LogP contribution in [0.3, 0.4) is 0 Å². The van der Waals surface area contributed by atoms with Gasteiger partial charge in [-0.1, -0.05) is 12.1 Å². The third-order valence-electron chi connectivity index (χ3n) is 3.82. The minimum absolute atomic E-state index is 0. The van der Waals surface area contributed by atoms with E-state index in [0.29, 0.717) is 6.42 Å². The number of anilines is 1. The van der Waals surface area contributed by atoms with Gasteiger partial charge in [0.05, 0.1) is 12.6 Å². The minimum Gasteiger partial charge on any atom is -0.383 e. The van der Waals surface area contributed by atoms with Crippen molar-refractivity contribution in [3.8, 4) is 0 Å². The van der Waals surface area contributed by atoms with Gasteiger partial charge < -0.3 is 20.7 Å². The lowest BCUT2D eigenvalue weighted by molar-refractivity contribution is -0.124. The van der Waals surface area contributed by atoms with Gasteiger partial charge in [-0.2, -0.15) is 0 Å². The monoisotopic (exact) mass is 341 g/mol. The van der Waals surface area contributed by atoms with Gasteiger partial charge in [0, 0.05) is 25.8 Å². The molecule has 6 nitrogen and oxygen atoms in total. The number of carbonyl (C=O) groups excluding carboxylic acids is 2. The van der Waals surface area contributed by atoms with Crippen molar-refractivity contribution in [1.82, 2.24) is 5.32 Å². The van der Waals surface area contributed by atoms with Gasteiger partial charge in [0.2, 0.25) is 11.8 Å². The smallest absolute Gasteiger partial charge is 0.239 e. The van der Waals surface area contributed by atoms with Crippen LogP contribution in [0, 0.1) is 0 Å². The van der Waals surface area contributed by atoms with E-state index < -0.39 is 6.04 Å². The Labute approximate surface area is 142 Å². The Morgan fingerprint density at radius 2 is 2.04 bits per heavy atom. The van der Waals surface area contributed by atoms with Crippen LogP contribution in [0.1, 0.15) is 31.4 Å². The molecule has 1 aromatic rings. The lowest BCUT2D eigenvalue weighted by Crippen LogP contribution is -2.44. The minimum atomic E-state index is -0.672. The highest BCUT2D eigenvalue weighted by atomic mass is 35.5. The van der Waals surface area contributed by atoms with Crippen molar-refractivity contribution in [1.29, 1.82) is 0 Å². The molecule has 0 radical (unpaired) electrons. The molecule has 7 heteroatoms. The normalized spacial score (nSPS) is 16.7. The zero-order valence-corrected chi connectivity index (χ0v) is 14.3. The second kappa shape index (κ2) is 8.86. The Morgan fingerprint density at radius 3 is 2.57 bits per heavy atom. The summed E-state index contributed by atoms with van der Waals surface area (Å²) in [4.78, 5) is 25.4. The number of ether oxygens (including phenoxy) is 1. The van der Waals surface area contributed by atoms with Crippen molar-refractivity contribution in [2.45, 2.75) is 31.8 Å². The van der Waals surface area contributed by atoms with Gasteiger partial charge in [-0.3, -0.25) is 9.59 Å². The van der Waals surface area contributed by atoms with E-state index in [0.717, 1.165) is 24.2 Å². The van der Waals surface area contributed by atoms with Crippen molar-refractivity contribution >= 4 is 29.9 Å². The molecule has 1 aliphatic rings. The Morgan fingerprint density at radius 1 is 1.39 bits per heavy atom. The number of amides is 2. The second-order valence-electron chi connectivity index (χ2n) is 5.53. The van der Waals surface area contributed by atoms with Gasteiger partial charge in [-0.25, -0.2) is 0 Å². The third kappa shape index (κ3) is 4.92. The van der Waals surface area contributed by atoms with Crippen LogP contribution in [0.15, 0.2) is 24.3 Å². The van der Waals surface area contributed by atoms with Crippen LogP contribution in [0.2, 0.25) is 0 Å². The molecule has 2 amide bonds. The first-order chi connectivity index (χ1) is 10.5. The number of halogens is 1. The molecule has 1 fully saturated rings. The summed E-state index contributed by atoms with van der Waals surface area (Å²) in [7, 11) is 1.51. The van der Waals surface area contributed by atoms with Crippen LogP contribution in [0.4, 0.5) is 5.69 Å². The molecule has 0 saturated carbocycles. The maximum Gasteiger partial charge on any atom is 0.239 e. The molecule has 0 aromatic heterocycles. The number of nitrogens with zero attached hydrogens (tertiary/aromatic N) is 1. The van der Waals surface area contributed by atoms with E-state index in [1.807, 2.05) is 31.2 Å². The molecule has 0 spiro atoms. The fourth-order valence-electron chi connectivity index (χ4n) is 2.52. The van der Waals surface area contributed by atoms with Crippen molar-refractivity contribution in [2.75, 3.05) is 25.2 Å². The highest BCUT2D eigenvalue weighted by molar-refractivity contribution is 5.95. The highest BCUT2D eigenvalue weighted by Crippen LogP contribution is 2.23. The van der Waals surface area contributed by atoms with E-state index in [4.69, 9.17) is 10.5 Å². The molecule has 2 rings (SSSR count). The van der Waals surface area contributed by atoms with E-state index in [2.05, 4.69) is 5.32 Å². The van der Waals surface area contributed by atoms with Crippen LogP contribution in [-0.2, 0) is 14.3 Å². The molecular formula is C16H24ClN3O3. The lowest BCUT2D eigenvalue weighted by Gasteiger charge is -2.19. The standard InChI is InChI=1S/C16H23N3O3.ClH/c1-11(18-16(21)14(17)10-22-2)12-5-7-13(8-6-12)19-9-3-4-15(19)20;/h5-8,11,14H,3-4,9-10,17H2,1-2H3,(H,18,21);1H. The van der Waals surface area contributed by atoms with Crippen molar-refractivity contribution in [3.63, 3.8) is 0 Å². The predicted octanol–water partition coefficient (Wildman–Crippen LogP) is 1.39. The van der Waals surface area contributed by atoms with E-state index in [9.17, 15) is 9.59 Å². The number of hydrogen-bond donors (Lipinski definition) is 2. The summed E-state index contributed by atoms with van der Waals surface area (Å²) in [5, 5.41) is 2.85. The number of nitrogens with two attached hydrogens (primary N) is 1. The van der Waals surface area contributed by atoms with Gasteiger partial charge in [0.15, 0.2) is 0 Å².